The first-order valence-corrected chi connectivity index (χ1v) is 9.98. The van der Waals surface area contributed by atoms with Crippen LogP contribution in [0.15, 0.2) is 58.5 Å². The molecule has 3 rings (SSSR count). The molecule has 140 valence electrons. The number of rotatable bonds is 6. The second-order valence-electron chi connectivity index (χ2n) is 6.13. The van der Waals surface area contributed by atoms with Crippen LogP contribution in [0.1, 0.15) is 20.3 Å². The zero-order valence-electron chi connectivity index (χ0n) is 15.1. The van der Waals surface area contributed by atoms with Gasteiger partial charge in [-0.05, 0) is 43.7 Å². The van der Waals surface area contributed by atoms with E-state index in [1.807, 2.05) is 37.3 Å². The molecule has 0 saturated carbocycles. The Bertz CT molecular complexity index is 1020. The van der Waals surface area contributed by atoms with Crippen LogP contribution < -0.4 is 10.9 Å². The molecule has 0 bridgehead atoms. The quantitative estimate of drug-likeness (QED) is 0.485. The highest BCUT2D eigenvalue weighted by molar-refractivity contribution is 8.00. The van der Waals surface area contributed by atoms with Gasteiger partial charge in [-0.1, -0.05) is 48.5 Å². The first-order valence-electron chi connectivity index (χ1n) is 8.72. The zero-order chi connectivity index (χ0) is 19.4. The Labute approximate surface area is 166 Å². The van der Waals surface area contributed by atoms with Gasteiger partial charge in [0.2, 0.25) is 5.91 Å². The molecule has 0 radical (unpaired) electrons. The molecular weight excluding hydrogens is 382 g/mol. The van der Waals surface area contributed by atoms with E-state index in [1.165, 1.54) is 11.8 Å². The number of amides is 1. The molecule has 0 spiro atoms. The number of carbonyl (C=O) groups is 1. The molecule has 0 aliphatic carbocycles. The molecule has 3 aromatic rings. The van der Waals surface area contributed by atoms with Crippen LogP contribution in [0.3, 0.4) is 0 Å². The summed E-state index contributed by atoms with van der Waals surface area (Å²) in [6, 6.07) is 14.3. The highest BCUT2D eigenvalue weighted by Crippen LogP contribution is 2.25. The number of benzene rings is 2. The third-order valence-corrected chi connectivity index (χ3v) is 5.35. The Morgan fingerprint density at radius 3 is 2.70 bits per heavy atom. The summed E-state index contributed by atoms with van der Waals surface area (Å²) in [6.07, 6.45) is 0.791. The number of nitrogens with zero attached hydrogens (tertiary/aromatic N) is 2. The van der Waals surface area contributed by atoms with Crippen molar-refractivity contribution in [3.8, 4) is 0 Å². The monoisotopic (exact) mass is 401 g/mol. The Hall–Kier alpha value is -2.31. The largest absolute Gasteiger partial charge is 0.325 e. The molecule has 5 nitrogen and oxygen atoms in total. The number of halogens is 1. The van der Waals surface area contributed by atoms with Gasteiger partial charge in [-0.15, -0.1) is 0 Å². The summed E-state index contributed by atoms with van der Waals surface area (Å²) in [6.45, 7) is 4.34. The predicted molar refractivity (Wildman–Crippen MR) is 112 cm³/mol. The van der Waals surface area contributed by atoms with Gasteiger partial charge in [-0.25, -0.2) is 4.98 Å². The second-order valence-corrected chi connectivity index (χ2v) is 7.87. The van der Waals surface area contributed by atoms with Gasteiger partial charge < -0.3 is 5.32 Å². The van der Waals surface area contributed by atoms with Crippen molar-refractivity contribution >= 4 is 45.9 Å². The summed E-state index contributed by atoms with van der Waals surface area (Å²) in [4.78, 5) is 30.0. The number of anilines is 1. The maximum atomic E-state index is 12.9. The Balaban J connectivity index is 1.91. The van der Waals surface area contributed by atoms with Crippen LogP contribution in [0.25, 0.3) is 10.9 Å². The minimum atomic E-state index is -0.420. The van der Waals surface area contributed by atoms with Crippen molar-refractivity contribution in [2.45, 2.75) is 37.2 Å². The van der Waals surface area contributed by atoms with Crippen LogP contribution in [0, 0.1) is 0 Å². The van der Waals surface area contributed by atoms with Crippen molar-refractivity contribution < 1.29 is 4.79 Å². The van der Waals surface area contributed by atoms with Gasteiger partial charge in [0.25, 0.3) is 5.56 Å². The van der Waals surface area contributed by atoms with Gasteiger partial charge in [-0.3, -0.25) is 14.2 Å². The lowest BCUT2D eigenvalue weighted by Gasteiger charge is -2.16. The van der Waals surface area contributed by atoms with Gasteiger partial charge in [0.05, 0.1) is 16.2 Å². The molecule has 0 saturated heterocycles. The van der Waals surface area contributed by atoms with Crippen molar-refractivity contribution in [2.75, 3.05) is 5.32 Å². The molecule has 1 N–H and O–H groups in total. The van der Waals surface area contributed by atoms with Crippen molar-refractivity contribution in [1.82, 2.24) is 9.55 Å². The molecule has 7 heteroatoms. The number of hydrogen-bond donors (Lipinski definition) is 1. The molecular formula is C20H20ClN3O2S. The Morgan fingerprint density at radius 1 is 1.26 bits per heavy atom. The SMILES string of the molecule is CCCn1c(S[C@H](C)C(=O)Nc2ccccc2)nc2cc(Cl)ccc2c1=O. The summed E-state index contributed by atoms with van der Waals surface area (Å²) in [5.74, 6) is -0.144. The normalized spacial score (nSPS) is 12.1. The van der Waals surface area contributed by atoms with Gasteiger partial charge in [0.1, 0.15) is 0 Å². The lowest BCUT2D eigenvalue weighted by atomic mass is 10.2. The maximum Gasteiger partial charge on any atom is 0.262 e. The summed E-state index contributed by atoms with van der Waals surface area (Å²) >= 11 is 7.32. The van der Waals surface area contributed by atoms with Crippen LogP contribution >= 0.6 is 23.4 Å². The van der Waals surface area contributed by atoms with E-state index in [0.717, 1.165) is 12.1 Å². The van der Waals surface area contributed by atoms with Crippen molar-refractivity contribution in [2.24, 2.45) is 0 Å². The van der Waals surface area contributed by atoms with E-state index in [4.69, 9.17) is 11.6 Å². The summed E-state index contributed by atoms with van der Waals surface area (Å²) in [5.41, 5.74) is 1.16. The first-order chi connectivity index (χ1) is 13.0. The third kappa shape index (κ3) is 4.51. The molecule has 2 aromatic carbocycles. The smallest absolute Gasteiger partial charge is 0.262 e. The van der Waals surface area contributed by atoms with E-state index in [0.29, 0.717) is 27.6 Å². The molecule has 1 amide bonds. The number of carbonyl (C=O) groups excluding carboxylic acids is 1. The van der Waals surface area contributed by atoms with Crippen LogP contribution in [-0.2, 0) is 11.3 Å². The van der Waals surface area contributed by atoms with Gasteiger partial charge in [0.15, 0.2) is 5.16 Å². The molecule has 27 heavy (non-hydrogen) atoms. The van der Waals surface area contributed by atoms with E-state index in [2.05, 4.69) is 10.3 Å². The minimum absolute atomic E-state index is 0.114. The summed E-state index contributed by atoms with van der Waals surface area (Å²) in [7, 11) is 0. The molecule has 0 unspecified atom stereocenters. The van der Waals surface area contributed by atoms with E-state index in [-0.39, 0.29) is 11.5 Å². The summed E-state index contributed by atoms with van der Waals surface area (Å²) in [5, 5.41) is 4.03. The average molecular weight is 402 g/mol. The fourth-order valence-electron chi connectivity index (χ4n) is 2.66. The lowest BCUT2D eigenvalue weighted by Crippen LogP contribution is -2.27. The van der Waals surface area contributed by atoms with Crippen LogP contribution in [0.5, 0.6) is 0 Å². The molecule has 0 aliphatic heterocycles. The maximum absolute atomic E-state index is 12.9. The number of fused-ring (bicyclic) bond motifs is 1. The van der Waals surface area contributed by atoms with Gasteiger partial charge in [0, 0.05) is 17.3 Å². The molecule has 1 atom stereocenters. The minimum Gasteiger partial charge on any atom is -0.325 e. The van der Waals surface area contributed by atoms with E-state index in [1.54, 1.807) is 29.7 Å². The zero-order valence-corrected chi connectivity index (χ0v) is 16.7. The lowest BCUT2D eigenvalue weighted by molar-refractivity contribution is -0.115. The standard InChI is InChI=1S/C20H20ClN3O2S/c1-3-11-24-19(26)16-10-9-14(21)12-17(16)23-20(24)27-13(2)18(25)22-15-7-5-4-6-8-15/h4-10,12-13H,3,11H2,1-2H3,(H,22,25)/t13-/m1/s1. The van der Waals surface area contributed by atoms with E-state index in [9.17, 15) is 9.59 Å². The fourth-order valence-corrected chi connectivity index (χ4v) is 3.76. The molecule has 0 aliphatic rings. The number of aromatic nitrogens is 2. The van der Waals surface area contributed by atoms with Crippen molar-refractivity contribution in [3.63, 3.8) is 0 Å². The van der Waals surface area contributed by atoms with Crippen LogP contribution in [0.4, 0.5) is 5.69 Å². The molecule has 1 aromatic heterocycles. The van der Waals surface area contributed by atoms with Crippen molar-refractivity contribution in [1.29, 1.82) is 0 Å². The summed E-state index contributed by atoms with van der Waals surface area (Å²) < 4.78 is 1.63. The highest BCUT2D eigenvalue weighted by Gasteiger charge is 2.19. The van der Waals surface area contributed by atoms with Crippen molar-refractivity contribution in [3.05, 3.63) is 63.9 Å². The molecule has 1 heterocycles. The number of hydrogen-bond acceptors (Lipinski definition) is 4. The number of para-hydroxylation sites is 1. The van der Waals surface area contributed by atoms with Gasteiger partial charge in [-0.2, -0.15) is 0 Å². The third-order valence-electron chi connectivity index (χ3n) is 4.02. The fraction of sp³-hybridized carbons (Fsp3) is 0.250. The van der Waals surface area contributed by atoms with Crippen LogP contribution in [-0.4, -0.2) is 20.7 Å². The van der Waals surface area contributed by atoms with Crippen LogP contribution in [0.2, 0.25) is 5.02 Å². The first kappa shape index (κ1) is 19.5. The van der Waals surface area contributed by atoms with Gasteiger partial charge >= 0.3 is 0 Å². The number of thioether (sulfide) groups is 1. The highest BCUT2D eigenvalue weighted by atomic mass is 35.5. The van der Waals surface area contributed by atoms with E-state index >= 15 is 0 Å². The second kappa shape index (κ2) is 8.59. The number of nitrogens with one attached hydrogen (secondary N) is 1. The predicted octanol–water partition coefficient (Wildman–Crippen LogP) is 4.58. The van der Waals surface area contributed by atoms with E-state index < -0.39 is 5.25 Å². The Kier molecular flexibility index (Phi) is 6.19. The topological polar surface area (TPSA) is 64.0 Å². The Morgan fingerprint density at radius 2 is 2.00 bits per heavy atom. The average Bonchev–Trinajstić information content (AvgIpc) is 2.65. The molecule has 0 fully saturated rings.